The summed E-state index contributed by atoms with van der Waals surface area (Å²) in [4.78, 5) is 32.5. The first-order valence-electron chi connectivity index (χ1n) is 14.5. The quantitative estimate of drug-likeness (QED) is 0.254. The maximum atomic E-state index is 14.0. The van der Waals surface area contributed by atoms with Crippen LogP contribution in [0, 0.1) is 0 Å². The molecule has 0 aromatic heterocycles. The van der Waals surface area contributed by atoms with Crippen LogP contribution in [0.4, 0.5) is 11.4 Å². The van der Waals surface area contributed by atoms with Crippen molar-refractivity contribution in [2.75, 3.05) is 22.9 Å². The molecule has 0 fully saturated rings. The van der Waals surface area contributed by atoms with Crippen LogP contribution in [-0.2, 0) is 0 Å². The molecule has 2 unspecified atom stereocenters. The van der Waals surface area contributed by atoms with Crippen molar-refractivity contribution in [3.63, 3.8) is 0 Å². The number of unbranched alkanes of at least 4 members (excludes halogenated alkanes) is 10. The fraction of sp³-hybridized carbons (Fsp3) is 0.562. The Morgan fingerprint density at radius 1 is 0.528 bits per heavy atom. The van der Waals surface area contributed by atoms with Gasteiger partial charge < -0.3 is 9.80 Å². The summed E-state index contributed by atoms with van der Waals surface area (Å²) >= 11 is 0. The molecule has 4 rings (SSSR count). The summed E-state index contributed by atoms with van der Waals surface area (Å²) in [6, 6.07) is 15.0. The standard InChI is InChI=1S/C32H44N2O2/c1-3-5-7-9-11-17-23-33-27-21-15-13-19-25(27)32(36)30-29(33)31(35)26-20-14-16-22-28(26)34(30)24-18-12-10-8-6-4-2/h13-16,19-22,29-30H,3-12,17-18,23-24H2,1-2H3. The zero-order valence-electron chi connectivity index (χ0n) is 22.4. The topological polar surface area (TPSA) is 40.6 Å². The number of carbonyl (C=O) groups is 2. The molecule has 0 aliphatic carbocycles. The molecule has 0 saturated heterocycles. The van der Waals surface area contributed by atoms with Gasteiger partial charge in [-0.2, -0.15) is 0 Å². The maximum Gasteiger partial charge on any atom is 0.189 e. The van der Waals surface area contributed by atoms with Gasteiger partial charge in [0.15, 0.2) is 11.6 Å². The van der Waals surface area contributed by atoms with E-state index in [2.05, 4.69) is 23.6 Å². The van der Waals surface area contributed by atoms with E-state index >= 15 is 0 Å². The number of Topliss-reactive ketones (excluding diaryl/α,β-unsaturated/α-hetero) is 2. The van der Waals surface area contributed by atoms with E-state index in [1.807, 2.05) is 48.5 Å². The minimum absolute atomic E-state index is 0.101. The summed E-state index contributed by atoms with van der Waals surface area (Å²) in [5.41, 5.74) is 3.41. The van der Waals surface area contributed by atoms with Crippen LogP contribution in [0.5, 0.6) is 0 Å². The van der Waals surface area contributed by atoms with E-state index in [0.717, 1.165) is 61.3 Å². The van der Waals surface area contributed by atoms with Crippen LogP contribution in [0.15, 0.2) is 48.5 Å². The van der Waals surface area contributed by atoms with E-state index in [1.165, 1.54) is 51.4 Å². The first-order chi connectivity index (χ1) is 17.7. The predicted molar refractivity (Wildman–Crippen MR) is 151 cm³/mol. The minimum Gasteiger partial charge on any atom is -0.358 e. The number of anilines is 2. The van der Waals surface area contributed by atoms with E-state index in [4.69, 9.17) is 0 Å². The predicted octanol–water partition coefficient (Wildman–Crippen LogP) is 7.85. The molecule has 0 saturated carbocycles. The van der Waals surface area contributed by atoms with Crippen LogP contribution in [0.25, 0.3) is 0 Å². The molecule has 4 nitrogen and oxygen atoms in total. The highest BCUT2D eigenvalue weighted by molar-refractivity contribution is 6.19. The number of hydrogen-bond acceptors (Lipinski definition) is 4. The van der Waals surface area contributed by atoms with Crippen LogP contribution >= 0.6 is 0 Å². The number of nitrogens with zero attached hydrogens (tertiary/aromatic N) is 2. The molecule has 36 heavy (non-hydrogen) atoms. The number of para-hydroxylation sites is 2. The van der Waals surface area contributed by atoms with Crippen LogP contribution in [0.1, 0.15) is 112 Å². The van der Waals surface area contributed by atoms with Crippen LogP contribution < -0.4 is 9.80 Å². The zero-order chi connectivity index (χ0) is 25.3. The Hall–Kier alpha value is -2.62. The van der Waals surface area contributed by atoms with Crippen molar-refractivity contribution < 1.29 is 9.59 Å². The van der Waals surface area contributed by atoms with Crippen molar-refractivity contribution in [1.29, 1.82) is 0 Å². The summed E-state index contributed by atoms with van der Waals surface area (Å²) in [6.45, 7) is 6.11. The largest absolute Gasteiger partial charge is 0.358 e. The molecule has 0 spiro atoms. The van der Waals surface area contributed by atoms with Gasteiger partial charge in [-0.05, 0) is 37.1 Å². The third kappa shape index (κ3) is 5.68. The van der Waals surface area contributed by atoms with Crippen molar-refractivity contribution in [3.8, 4) is 0 Å². The molecule has 0 amide bonds. The molecular weight excluding hydrogens is 444 g/mol. The van der Waals surface area contributed by atoms with Gasteiger partial charge in [0, 0.05) is 35.6 Å². The van der Waals surface area contributed by atoms with Crippen molar-refractivity contribution in [2.45, 2.75) is 103 Å². The molecule has 2 aliphatic heterocycles. The van der Waals surface area contributed by atoms with Crippen LogP contribution in [0.3, 0.4) is 0 Å². The molecule has 2 aromatic carbocycles. The molecule has 0 bridgehead atoms. The normalized spacial score (nSPS) is 18.7. The monoisotopic (exact) mass is 488 g/mol. The lowest BCUT2D eigenvalue weighted by molar-refractivity contribution is 0.0840. The number of carbonyl (C=O) groups excluding carboxylic acids is 2. The maximum absolute atomic E-state index is 14.0. The van der Waals surface area contributed by atoms with E-state index in [1.54, 1.807) is 0 Å². The lowest BCUT2D eigenvalue weighted by atomic mass is 9.80. The second kappa shape index (κ2) is 13.1. The number of rotatable bonds is 14. The average molecular weight is 489 g/mol. The first kappa shape index (κ1) is 26.4. The van der Waals surface area contributed by atoms with E-state index in [0.29, 0.717) is 0 Å². The summed E-state index contributed by atoms with van der Waals surface area (Å²) in [7, 11) is 0. The van der Waals surface area contributed by atoms with Gasteiger partial charge in [0.1, 0.15) is 12.1 Å². The minimum atomic E-state index is -0.446. The zero-order valence-corrected chi connectivity index (χ0v) is 22.4. The number of benzene rings is 2. The molecule has 4 heteroatoms. The van der Waals surface area contributed by atoms with E-state index < -0.39 is 12.1 Å². The Morgan fingerprint density at radius 3 is 1.31 bits per heavy atom. The third-order valence-corrected chi connectivity index (χ3v) is 7.97. The molecule has 2 heterocycles. The fourth-order valence-electron chi connectivity index (χ4n) is 6.04. The van der Waals surface area contributed by atoms with Gasteiger partial charge in [-0.1, -0.05) is 102 Å². The fourth-order valence-corrected chi connectivity index (χ4v) is 6.04. The highest BCUT2D eigenvalue weighted by atomic mass is 16.1. The highest BCUT2D eigenvalue weighted by Crippen LogP contribution is 2.41. The SMILES string of the molecule is CCCCCCCCN1c2ccccc2C(=O)C2C1C(=O)c1ccccc1N2CCCCCCCC. The molecular formula is C32H44N2O2. The summed E-state index contributed by atoms with van der Waals surface area (Å²) < 4.78 is 0. The summed E-state index contributed by atoms with van der Waals surface area (Å²) in [5.74, 6) is 0.201. The molecule has 2 aliphatic rings. The van der Waals surface area contributed by atoms with Gasteiger partial charge in [-0.15, -0.1) is 0 Å². The van der Waals surface area contributed by atoms with Crippen LogP contribution in [-0.4, -0.2) is 36.7 Å². The van der Waals surface area contributed by atoms with Gasteiger partial charge in [-0.25, -0.2) is 0 Å². The Labute approximate surface area is 218 Å². The third-order valence-electron chi connectivity index (χ3n) is 7.97. The molecule has 0 N–H and O–H groups in total. The smallest absolute Gasteiger partial charge is 0.189 e. The Kier molecular flexibility index (Phi) is 9.60. The van der Waals surface area contributed by atoms with Crippen LogP contribution in [0.2, 0.25) is 0 Å². The Balaban J connectivity index is 1.61. The van der Waals surface area contributed by atoms with Gasteiger partial charge in [-0.3, -0.25) is 9.59 Å². The summed E-state index contributed by atoms with van der Waals surface area (Å²) in [6.07, 6.45) is 14.5. The second-order valence-electron chi connectivity index (χ2n) is 10.6. The van der Waals surface area contributed by atoms with Crippen molar-refractivity contribution >= 4 is 22.9 Å². The van der Waals surface area contributed by atoms with Gasteiger partial charge >= 0.3 is 0 Å². The highest BCUT2D eigenvalue weighted by Gasteiger charge is 2.50. The number of hydrogen-bond donors (Lipinski definition) is 0. The molecule has 0 radical (unpaired) electrons. The van der Waals surface area contributed by atoms with E-state index in [9.17, 15) is 9.59 Å². The molecule has 2 aromatic rings. The van der Waals surface area contributed by atoms with Crippen molar-refractivity contribution in [1.82, 2.24) is 0 Å². The van der Waals surface area contributed by atoms with Gasteiger partial charge in [0.25, 0.3) is 0 Å². The lowest BCUT2D eigenvalue weighted by Gasteiger charge is -2.50. The number of fused-ring (bicyclic) bond motifs is 3. The van der Waals surface area contributed by atoms with Gasteiger partial charge in [0.05, 0.1) is 0 Å². The van der Waals surface area contributed by atoms with Crippen molar-refractivity contribution in [2.24, 2.45) is 0 Å². The van der Waals surface area contributed by atoms with Crippen molar-refractivity contribution in [3.05, 3.63) is 59.7 Å². The van der Waals surface area contributed by atoms with Gasteiger partial charge in [0.2, 0.25) is 0 Å². The number of ketones is 2. The molecule has 194 valence electrons. The van der Waals surface area contributed by atoms with E-state index in [-0.39, 0.29) is 11.6 Å². The average Bonchev–Trinajstić information content (AvgIpc) is 2.91. The molecule has 2 atom stereocenters. The Morgan fingerprint density at radius 2 is 0.889 bits per heavy atom. The Bertz CT molecular complexity index is 935. The summed E-state index contributed by atoms with van der Waals surface area (Å²) in [5, 5.41) is 0. The second-order valence-corrected chi connectivity index (χ2v) is 10.6. The lowest BCUT2D eigenvalue weighted by Crippen LogP contribution is -2.65. The first-order valence-corrected chi connectivity index (χ1v) is 14.5.